The normalized spacial score (nSPS) is 21.8. The van der Waals surface area contributed by atoms with Gasteiger partial charge >= 0.3 is 0 Å². The summed E-state index contributed by atoms with van der Waals surface area (Å²) >= 11 is 0. The molecule has 2 unspecified atom stereocenters. The summed E-state index contributed by atoms with van der Waals surface area (Å²) in [5.41, 5.74) is 7.67. The zero-order valence-corrected chi connectivity index (χ0v) is 9.58. The summed E-state index contributed by atoms with van der Waals surface area (Å²) in [6.45, 7) is 1.04. The van der Waals surface area contributed by atoms with Crippen molar-refractivity contribution in [2.24, 2.45) is 0 Å². The highest BCUT2D eigenvalue weighted by atomic mass is 16.3. The van der Waals surface area contributed by atoms with Crippen LogP contribution < -0.4 is 10.6 Å². The molecule has 1 fully saturated rings. The average Bonchev–Trinajstić information content (AvgIpc) is 2.75. The Morgan fingerprint density at radius 1 is 1.47 bits per heavy atom. The van der Waals surface area contributed by atoms with Crippen LogP contribution in [0.15, 0.2) is 18.2 Å². The number of aliphatic hydroxyl groups is 3. The molecule has 2 rings (SSSR count). The topological polar surface area (TPSA) is 90.0 Å². The van der Waals surface area contributed by atoms with Crippen LogP contribution in [0.3, 0.4) is 0 Å². The summed E-state index contributed by atoms with van der Waals surface area (Å²) < 4.78 is 0. The van der Waals surface area contributed by atoms with Gasteiger partial charge in [0.15, 0.2) is 0 Å². The van der Waals surface area contributed by atoms with Gasteiger partial charge in [-0.05, 0) is 24.6 Å². The Bertz CT molecular complexity index is 397. The molecule has 0 aliphatic carbocycles. The zero-order valence-electron chi connectivity index (χ0n) is 9.58. The van der Waals surface area contributed by atoms with E-state index >= 15 is 0 Å². The molecule has 1 aromatic rings. The molecular formula is C12H18N2O3. The van der Waals surface area contributed by atoms with Crippen molar-refractivity contribution in [1.82, 2.24) is 0 Å². The minimum Gasteiger partial charge on any atom is -0.398 e. The first-order valence-electron chi connectivity index (χ1n) is 5.73. The largest absolute Gasteiger partial charge is 0.398 e. The van der Waals surface area contributed by atoms with Crippen LogP contribution in [0.1, 0.15) is 18.1 Å². The van der Waals surface area contributed by atoms with Crippen LogP contribution in [0.2, 0.25) is 0 Å². The van der Waals surface area contributed by atoms with Crippen molar-refractivity contribution >= 4 is 11.4 Å². The van der Waals surface area contributed by atoms with Gasteiger partial charge in [0.05, 0.1) is 12.7 Å². The molecule has 0 saturated carbocycles. The number of aliphatic hydroxyl groups excluding tert-OH is 3. The summed E-state index contributed by atoms with van der Waals surface area (Å²) in [5, 5.41) is 28.1. The Labute approximate surface area is 100 Å². The highest BCUT2D eigenvalue weighted by molar-refractivity contribution is 5.59. The molecule has 0 bridgehead atoms. The van der Waals surface area contributed by atoms with Crippen molar-refractivity contribution in [3.63, 3.8) is 0 Å². The fourth-order valence-corrected chi connectivity index (χ4v) is 2.12. The third kappa shape index (κ3) is 2.52. The Morgan fingerprint density at radius 3 is 2.82 bits per heavy atom. The third-order valence-electron chi connectivity index (χ3n) is 3.13. The average molecular weight is 238 g/mol. The predicted octanol–water partition coefficient (Wildman–Crippen LogP) is -0.135. The molecule has 1 heterocycles. The number of nitrogens with zero attached hydrogens (tertiary/aromatic N) is 1. The van der Waals surface area contributed by atoms with Crippen LogP contribution in [-0.4, -0.2) is 41.1 Å². The minimum absolute atomic E-state index is 0.293. The first kappa shape index (κ1) is 12.2. The van der Waals surface area contributed by atoms with Gasteiger partial charge in [-0.3, -0.25) is 0 Å². The Kier molecular flexibility index (Phi) is 3.51. The molecule has 5 N–H and O–H groups in total. The number of benzene rings is 1. The SMILES string of the molecule is Nc1ccc(N2CCC(O)C2)cc1C(O)CO. The number of β-amino-alcohol motifs (C(OH)–C–C–N with tert-alkyl or cyclic N) is 1. The highest BCUT2D eigenvalue weighted by Crippen LogP contribution is 2.28. The first-order chi connectivity index (χ1) is 8.11. The number of anilines is 2. The maximum Gasteiger partial charge on any atom is 0.104 e. The van der Waals surface area contributed by atoms with Crippen LogP contribution in [-0.2, 0) is 0 Å². The van der Waals surface area contributed by atoms with E-state index in [2.05, 4.69) is 0 Å². The van der Waals surface area contributed by atoms with E-state index in [1.807, 2.05) is 11.0 Å². The number of rotatable bonds is 3. The van der Waals surface area contributed by atoms with Gasteiger partial charge in [0.25, 0.3) is 0 Å². The van der Waals surface area contributed by atoms with Crippen LogP contribution in [0.4, 0.5) is 11.4 Å². The summed E-state index contributed by atoms with van der Waals surface area (Å²) in [7, 11) is 0. The van der Waals surface area contributed by atoms with E-state index in [9.17, 15) is 10.2 Å². The predicted molar refractivity (Wildman–Crippen MR) is 65.7 cm³/mol. The van der Waals surface area contributed by atoms with Gasteiger partial charge in [-0.1, -0.05) is 0 Å². The number of nitrogen functional groups attached to an aromatic ring is 1. The molecule has 0 spiro atoms. The van der Waals surface area contributed by atoms with Crippen LogP contribution in [0.25, 0.3) is 0 Å². The van der Waals surface area contributed by atoms with Gasteiger partial charge in [0.1, 0.15) is 6.10 Å². The smallest absolute Gasteiger partial charge is 0.104 e. The lowest BCUT2D eigenvalue weighted by Crippen LogP contribution is -2.21. The molecule has 1 aliphatic rings. The van der Waals surface area contributed by atoms with Crippen molar-refractivity contribution in [3.8, 4) is 0 Å². The van der Waals surface area contributed by atoms with E-state index in [0.717, 1.165) is 18.7 Å². The van der Waals surface area contributed by atoms with E-state index in [-0.39, 0.29) is 12.7 Å². The maximum absolute atomic E-state index is 9.63. The second-order valence-corrected chi connectivity index (χ2v) is 4.40. The lowest BCUT2D eigenvalue weighted by molar-refractivity contribution is 0.0962. The summed E-state index contributed by atoms with van der Waals surface area (Å²) in [5.74, 6) is 0. The van der Waals surface area contributed by atoms with Crippen LogP contribution in [0, 0.1) is 0 Å². The fraction of sp³-hybridized carbons (Fsp3) is 0.500. The van der Waals surface area contributed by atoms with E-state index in [0.29, 0.717) is 17.8 Å². The van der Waals surface area contributed by atoms with E-state index in [1.54, 1.807) is 12.1 Å². The minimum atomic E-state index is -0.956. The summed E-state index contributed by atoms with van der Waals surface area (Å²) in [4.78, 5) is 2.04. The van der Waals surface area contributed by atoms with Gasteiger partial charge in [-0.25, -0.2) is 0 Å². The summed E-state index contributed by atoms with van der Waals surface area (Å²) in [6.07, 6.45) is -0.497. The quantitative estimate of drug-likeness (QED) is 0.551. The molecule has 1 aromatic carbocycles. The molecular weight excluding hydrogens is 220 g/mol. The third-order valence-corrected chi connectivity index (χ3v) is 3.13. The molecule has 2 atom stereocenters. The monoisotopic (exact) mass is 238 g/mol. The zero-order chi connectivity index (χ0) is 12.4. The lowest BCUT2D eigenvalue weighted by Gasteiger charge is -2.20. The van der Waals surface area contributed by atoms with E-state index < -0.39 is 6.10 Å². The van der Waals surface area contributed by atoms with Gasteiger partial charge in [-0.15, -0.1) is 0 Å². The molecule has 0 amide bonds. The number of hydrogen-bond donors (Lipinski definition) is 4. The van der Waals surface area contributed by atoms with E-state index in [1.165, 1.54) is 0 Å². The first-order valence-corrected chi connectivity index (χ1v) is 5.73. The second kappa shape index (κ2) is 4.91. The molecule has 94 valence electrons. The van der Waals surface area contributed by atoms with Gasteiger partial charge < -0.3 is 26.0 Å². The molecule has 17 heavy (non-hydrogen) atoms. The van der Waals surface area contributed by atoms with Gasteiger partial charge in [0, 0.05) is 30.0 Å². The highest BCUT2D eigenvalue weighted by Gasteiger charge is 2.21. The van der Waals surface area contributed by atoms with Crippen LogP contribution in [0.5, 0.6) is 0 Å². The molecule has 1 aliphatic heterocycles. The van der Waals surface area contributed by atoms with Gasteiger partial charge in [-0.2, -0.15) is 0 Å². The van der Waals surface area contributed by atoms with Crippen molar-refractivity contribution in [3.05, 3.63) is 23.8 Å². The molecule has 5 heteroatoms. The summed E-state index contributed by atoms with van der Waals surface area (Å²) in [6, 6.07) is 5.35. The van der Waals surface area contributed by atoms with Gasteiger partial charge in [0.2, 0.25) is 0 Å². The molecule has 1 saturated heterocycles. The molecule has 5 nitrogen and oxygen atoms in total. The van der Waals surface area contributed by atoms with Crippen LogP contribution >= 0.6 is 0 Å². The number of nitrogens with two attached hydrogens (primary N) is 1. The maximum atomic E-state index is 9.63. The Balaban J connectivity index is 2.24. The van der Waals surface area contributed by atoms with Crippen molar-refractivity contribution < 1.29 is 15.3 Å². The molecule has 0 radical (unpaired) electrons. The van der Waals surface area contributed by atoms with Crippen molar-refractivity contribution in [1.29, 1.82) is 0 Å². The van der Waals surface area contributed by atoms with Crippen molar-refractivity contribution in [2.45, 2.75) is 18.6 Å². The second-order valence-electron chi connectivity index (χ2n) is 4.40. The lowest BCUT2D eigenvalue weighted by atomic mass is 10.1. The standard InChI is InChI=1S/C12H18N2O3/c13-11-2-1-8(5-10(11)12(17)7-15)14-4-3-9(16)6-14/h1-2,5,9,12,15-17H,3-4,6-7,13H2. The fourth-order valence-electron chi connectivity index (χ4n) is 2.12. The van der Waals surface area contributed by atoms with Crippen molar-refractivity contribution in [2.75, 3.05) is 30.3 Å². The Hall–Kier alpha value is -1.30. The van der Waals surface area contributed by atoms with E-state index in [4.69, 9.17) is 10.8 Å². The molecule has 0 aromatic heterocycles. The number of hydrogen-bond acceptors (Lipinski definition) is 5. The Morgan fingerprint density at radius 2 is 2.24 bits per heavy atom.